The first kappa shape index (κ1) is 23.8. The number of fused-ring (bicyclic) bond motifs is 1. The summed E-state index contributed by atoms with van der Waals surface area (Å²) in [6.07, 6.45) is 3.87. The third-order valence-electron chi connectivity index (χ3n) is 6.37. The molecule has 2 aromatic rings. The Bertz CT molecular complexity index is 1080. The minimum absolute atomic E-state index is 0.0176. The smallest absolute Gasteiger partial charge is 0.253 e. The van der Waals surface area contributed by atoms with Crippen molar-refractivity contribution in [3.05, 3.63) is 58.9 Å². The van der Waals surface area contributed by atoms with Gasteiger partial charge in [0.25, 0.3) is 5.91 Å². The minimum Gasteiger partial charge on any atom is -0.394 e. The molecule has 1 fully saturated rings. The van der Waals surface area contributed by atoms with E-state index in [9.17, 15) is 18.3 Å². The third kappa shape index (κ3) is 5.60. The van der Waals surface area contributed by atoms with E-state index in [0.717, 1.165) is 50.5 Å². The Morgan fingerprint density at radius 3 is 2.76 bits per heavy atom. The second-order valence-corrected chi connectivity index (χ2v) is 11.0. The van der Waals surface area contributed by atoms with E-state index in [0.29, 0.717) is 17.0 Å². The maximum absolute atomic E-state index is 12.9. The lowest BCUT2D eigenvalue weighted by Crippen LogP contribution is -2.31. The Labute approximate surface area is 194 Å². The number of carbonyl (C=O) groups excluding carboxylic acids is 1. The monoisotopic (exact) mass is 473 g/mol. The number of carbonyl (C=O) groups is 1. The Morgan fingerprint density at radius 2 is 2.09 bits per heavy atom. The number of sulfone groups is 1. The molecule has 1 saturated heterocycles. The Hall–Kier alpha value is -2.33. The summed E-state index contributed by atoms with van der Waals surface area (Å²) in [5, 5.41) is 12.7. The topological polar surface area (TPSA) is 109 Å². The van der Waals surface area contributed by atoms with Crippen molar-refractivity contribution >= 4 is 15.7 Å². The molecule has 178 valence electrons. The zero-order valence-corrected chi connectivity index (χ0v) is 19.7. The maximum atomic E-state index is 12.9. The van der Waals surface area contributed by atoms with E-state index < -0.39 is 15.9 Å². The number of aliphatic hydroxyl groups is 1. The summed E-state index contributed by atoms with van der Waals surface area (Å²) < 4.78 is 29.6. The predicted octanol–water partition coefficient (Wildman–Crippen LogP) is 2.08. The van der Waals surface area contributed by atoms with Gasteiger partial charge in [0.1, 0.15) is 0 Å². The highest BCUT2D eigenvalue weighted by atomic mass is 32.2. The molecule has 9 heteroatoms. The van der Waals surface area contributed by atoms with Crippen LogP contribution < -0.4 is 5.32 Å². The average Bonchev–Trinajstić information content (AvgIpc) is 3.24. The molecule has 1 aromatic carbocycles. The van der Waals surface area contributed by atoms with Crippen LogP contribution in [0.3, 0.4) is 0 Å². The normalized spacial score (nSPS) is 19.8. The molecule has 0 saturated carbocycles. The van der Waals surface area contributed by atoms with Crippen molar-refractivity contribution in [2.75, 3.05) is 32.1 Å². The van der Waals surface area contributed by atoms with Gasteiger partial charge in [0.2, 0.25) is 0 Å². The van der Waals surface area contributed by atoms with Gasteiger partial charge in [0.05, 0.1) is 41.2 Å². The molecule has 8 nitrogen and oxygen atoms in total. The molecule has 0 radical (unpaired) electrons. The van der Waals surface area contributed by atoms with Crippen LogP contribution in [0, 0.1) is 5.92 Å². The maximum Gasteiger partial charge on any atom is 0.253 e. The van der Waals surface area contributed by atoms with Crippen LogP contribution in [0.15, 0.2) is 41.4 Å². The number of benzene rings is 1. The molecular formula is C24H31N3O5S. The molecule has 1 aromatic heterocycles. The van der Waals surface area contributed by atoms with Gasteiger partial charge >= 0.3 is 0 Å². The fourth-order valence-corrected chi connectivity index (χ4v) is 5.33. The number of aliphatic hydroxyl groups excluding tert-OH is 1. The van der Waals surface area contributed by atoms with E-state index in [2.05, 4.69) is 15.2 Å². The number of nitrogens with zero attached hydrogens (tertiary/aromatic N) is 2. The molecule has 0 unspecified atom stereocenters. The average molecular weight is 474 g/mol. The fraction of sp³-hybridized carbons (Fsp3) is 0.500. The molecule has 33 heavy (non-hydrogen) atoms. The number of hydrogen-bond acceptors (Lipinski definition) is 7. The van der Waals surface area contributed by atoms with Crippen LogP contribution in [-0.4, -0.2) is 61.4 Å². The third-order valence-corrected chi connectivity index (χ3v) is 8.12. The van der Waals surface area contributed by atoms with Gasteiger partial charge in [-0.2, -0.15) is 0 Å². The highest BCUT2D eigenvalue weighted by molar-refractivity contribution is 7.91. The summed E-state index contributed by atoms with van der Waals surface area (Å²) in [4.78, 5) is 20.0. The predicted molar refractivity (Wildman–Crippen MR) is 123 cm³/mol. The van der Waals surface area contributed by atoms with Crippen LogP contribution in [0.4, 0.5) is 0 Å². The van der Waals surface area contributed by atoms with Crippen molar-refractivity contribution in [1.29, 1.82) is 0 Å². The molecule has 2 aliphatic heterocycles. The highest BCUT2D eigenvalue weighted by Crippen LogP contribution is 2.25. The first-order valence-electron chi connectivity index (χ1n) is 11.4. The zero-order chi connectivity index (χ0) is 23.4. The van der Waals surface area contributed by atoms with E-state index >= 15 is 0 Å². The molecule has 2 atom stereocenters. The molecule has 2 N–H and O–H groups in total. The lowest BCUT2D eigenvalue weighted by atomic mass is 10.0. The van der Waals surface area contributed by atoms with Crippen molar-refractivity contribution in [1.82, 2.24) is 15.2 Å². The fourth-order valence-electron chi connectivity index (χ4n) is 4.45. The lowest BCUT2D eigenvalue weighted by Gasteiger charge is -2.26. The van der Waals surface area contributed by atoms with E-state index in [1.54, 1.807) is 25.3 Å². The van der Waals surface area contributed by atoms with Crippen molar-refractivity contribution in [2.24, 2.45) is 5.92 Å². The Balaban J connectivity index is 1.40. The largest absolute Gasteiger partial charge is 0.394 e. The summed E-state index contributed by atoms with van der Waals surface area (Å²) in [5.74, 6) is 0.234. The number of ether oxygens (including phenoxy) is 1. The summed E-state index contributed by atoms with van der Waals surface area (Å²) in [6.45, 7) is 5.45. The molecule has 2 aliphatic rings. The van der Waals surface area contributed by atoms with Crippen LogP contribution in [-0.2, 0) is 27.7 Å². The van der Waals surface area contributed by atoms with Gasteiger partial charge in [-0.05, 0) is 48.1 Å². The number of amides is 1. The second kappa shape index (κ2) is 10.3. The first-order valence-corrected chi connectivity index (χ1v) is 13.1. The molecule has 4 rings (SSSR count). The standard InChI is InChI=1S/C24H31N3O5S/c1-2-33(30,31)21-7-5-18(6-8-21)23(15-28)26-24(29)19-10-20-13-27(14-22(20)25-11-19)12-17-4-3-9-32-16-17/h5-8,10-11,17,23,28H,2-4,9,12-16H2,1H3,(H,26,29)/t17-,23+/m1/s1. The van der Waals surface area contributed by atoms with Gasteiger partial charge < -0.3 is 15.2 Å². The van der Waals surface area contributed by atoms with Gasteiger partial charge in [-0.1, -0.05) is 19.1 Å². The zero-order valence-electron chi connectivity index (χ0n) is 18.9. The highest BCUT2D eigenvalue weighted by Gasteiger charge is 2.26. The summed E-state index contributed by atoms with van der Waals surface area (Å²) in [7, 11) is -3.30. The number of hydrogen-bond donors (Lipinski definition) is 2. The molecular weight excluding hydrogens is 442 g/mol. The molecule has 0 bridgehead atoms. The van der Waals surface area contributed by atoms with Crippen molar-refractivity contribution in [2.45, 2.75) is 43.8 Å². The Morgan fingerprint density at radius 1 is 1.30 bits per heavy atom. The van der Waals surface area contributed by atoms with Crippen LogP contribution in [0.25, 0.3) is 0 Å². The quantitative estimate of drug-likeness (QED) is 0.604. The first-order chi connectivity index (χ1) is 15.9. The van der Waals surface area contributed by atoms with Crippen molar-refractivity contribution in [3.63, 3.8) is 0 Å². The van der Waals surface area contributed by atoms with Gasteiger partial charge in [-0.3, -0.25) is 14.7 Å². The molecule has 0 spiro atoms. The van der Waals surface area contributed by atoms with Gasteiger partial charge in [0, 0.05) is 32.4 Å². The number of rotatable bonds is 8. The SMILES string of the molecule is CCS(=O)(=O)c1ccc([C@H](CO)NC(=O)c2cnc3c(c2)CN(C[C@H]2CCCOC2)C3)cc1. The van der Waals surface area contributed by atoms with E-state index in [-0.39, 0.29) is 23.2 Å². The number of nitrogens with one attached hydrogen (secondary N) is 1. The van der Waals surface area contributed by atoms with Crippen molar-refractivity contribution in [3.8, 4) is 0 Å². The molecule has 0 aliphatic carbocycles. The van der Waals surface area contributed by atoms with E-state index in [4.69, 9.17) is 4.74 Å². The van der Waals surface area contributed by atoms with Crippen LogP contribution in [0.1, 0.15) is 53.0 Å². The van der Waals surface area contributed by atoms with Crippen LogP contribution >= 0.6 is 0 Å². The number of pyridine rings is 1. The van der Waals surface area contributed by atoms with Crippen LogP contribution in [0.2, 0.25) is 0 Å². The minimum atomic E-state index is -3.30. The summed E-state index contributed by atoms with van der Waals surface area (Å²) >= 11 is 0. The van der Waals surface area contributed by atoms with Crippen molar-refractivity contribution < 1.29 is 23.1 Å². The lowest BCUT2D eigenvalue weighted by molar-refractivity contribution is 0.0378. The van der Waals surface area contributed by atoms with Gasteiger partial charge in [0.15, 0.2) is 9.84 Å². The van der Waals surface area contributed by atoms with Crippen LogP contribution in [0.5, 0.6) is 0 Å². The van der Waals surface area contributed by atoms with E-state index in [1.807, 2.05) is 6.07 Å². The summed E-state index contributed by atoms with van der Waals surface area (Å²) in [6, 6.07) is 7.49. The van der Waals surface area contributed by atoms with Gasteiger partial charge in [-0.25, -0.2) is 8.42 Å². The Kier molecular flexibility index (Phi) is 7.43. The second-order valence-electron chi connectivity index (χ2n) is 8.76. The van der Waals surface area contributed by atoms with Gasteiger partial charge in [-0.15, -0.1) is 0 Å². The summed E-state index contributed by atoms with van der Waals surface area (Å²) in [5.41, 5.74) is 3.12. The molecule has 3 heterocycles. The molecule has 1 amide bonds. The number of aromatic nitrogens is 1. The van der Waals surface area contributed by atoms with E-state index in [1.165, 1.54) is 18.6 Å².